The maximum absolute atomic E-state index is 13.1. The lowest BCUT2D eigenvalue weighted by atomic mass is 10.2. The molecular formula is C21H27N3O7S2. The number of nitrogens with one attached hydrogen (secondary N) is 1. The average Bonchev–Trinajstić information content (AvgIpc) is 2.80. The van der Waals surface area contributed by atoms with E-state index >= 15 is 0 Å². The molecule has 3 rings (SSSR count). The molecule has 1 heterocycles. The van der Waals surface area contributed by atoms with E-state index in [4.69, 9.17) is 4.74 Å². The lowest BCUT2D eigenvalue weighted by Crippen LogP contribution is -2.37. The number of anilines is 2. The molecule has 1 fully saturated rings. The molecule has 1 saturated heterocycles. The minimum absolute atomic E-state index is 0.0415. The number of nitrogens with zero attached hydrogens (tertiary/aromatic N) is 2. The van der Waals surface area contributed by atoms with E-state index < -0.39 is 26.0 Å². The van der Waals surface area contributed by atoms with Gasteiger partial charge in [-0.1, -0.05) is 19.9 Å². The SMILES string of the molecule is CCN(CC)S(=O)(=O)c1ccc(N2CCOCC2)c(NS(=O)(=O)c2cccc(C(=O)O)c2)c1. The van der Waals surface area contributed by atoms with E-state index in [9.17, 15) is 26.7 Å². The molecule has 0 atom stereocenters. The molecule has 2 aromatic carbocycles. The van der Waals surface area contributed by atoms with Crippen molar-refractivity contribution in [2.24, 2.45) is 0 Å². The van der Waals surface area contributed by atoms with Gasteiger partial charge in [-0.3, -0.25) is 4.72 Å². The predicted molar refractivity (Wildman–Crippen MR) is 124 cm³/mol. The third kappa shape index (κ3) is 5.46. The van der Waals surface area contributed by atoms with Crippen LogP contribution in [0.3, 0.4) is 0 Å². The fraction of sp³-hybridized carbons (Fsp3) is 0.381. The summed E-state index contributed by atoms with van der Waals surface area (Å²) in [6.45, 7) is 5.90. The molecule has 180 valence electrons. The Morgan fingerprint density at radius 2 is 1.70 bits per heavy atom. The van der Waals surface area contributed by atoms with Crippen molar-refractivity contribution in [2.75, 3.05) is 49.0 Å². The van der Waals surface area contributed by atoms with Crippen molar-refractivity contribution in [2.45, 2.75) is 23.6 Å². The van der Waals surface area contributed by atoms with Crippen LogP contribution in [0.15, 0.2) is 52.3 Å². The van der Waals surface area contributed by atoms with Crippen LogP contribution in [0, 0.1) is 0 Å². The number of sulfonamides is 2. The maximum Gasteiger partial charge on any atom is 0.335 e. The molecule has 0 spiro atoms. The summed E-state index contributed by atoms with van der Waals surface area (Å²) in [6, 6.07) is 9.29. The number of benzene rings is 2. The molecule has 0 aliphatic carbocycles. The van der Waals surface area contributed by atoms with Gasteiger partial charge in [-0.05, 0) is 36.4 Å². The highest BCUT2D eigenvalue weighted by Crippen LogP contribution is 2.32. The Labute approximate surface area is 193 Å². The average molecular weight is 498 g/mol. The Balaban J connectivity index is 2.08. The number of carboxylic acids is 1. The Morgan fingerprint density at radius 1 is 1.03 bits per heavy atom. The van der Waals surface area contributed by atoms with Crippen molar-refractivity contribution in [3.8, 4) is 0 Å². The molecule has 1 aliphatic heterocycles. The van der Waals surface area contributed by atoms with Gasteiger partial charge < -0.3 is 14.7 Å². The van der Waals surface area contributed by atoms with Crippen LogP contribution in [0.25, 0.3) is 0 Å². The second kappa shape index (κ2) is 10.1. The number of morpholine rings is 1. The van der Waals surface area contributed by atoms with Crippen LogP contribution in [-0.4, -0.2) is 71.6 Å². The molecule has 2 aromatic rings. The lowest BCUT2D eigenvalue weighted by molar-refractivity contribution is 0.0696. The molecule has 10 nitrogen and oxygen atoms in total. The van der Waals surface area contributed by atoms with Crippen molar-refractivity contribution < 1.29 is 31.5 Å². The molecular weight excluding hydrogens is 470 g/mol. The topological polar surface area (TPSA) is 133 Å². The molecule has 0 unspecified atom stereocenters. The van der Waals surface area contributed by atoms with Gasteiger partial charge in [0, 0.05) is 26.2 Å². The predicted octanol–water partition coefficient (Wildman–Crippen LogP) is 2.05. The Morgan fingerprint density at radius 3 is 2.30 bits per heavy atom. The summed E-state index contributed by atoms with van der Waals surface area (Å²) < 4.78 is 61.4. The van der Waals surface area contributed by atoms with Crippen LogP contribution in [0.2, 0.25) is 0 Å². The number of aromatic carboxylic acids is 1. The third-order valence-corrected chi connectivity index (χ3v) is 8.71. The zero-order valence-electron chi connectivity index (χ0n) is 18.4. The number of carboxylic acid groups (broad SMARTS) is 1. The monoisotopic (exact) mass is 497 g/mol. The van der Waals surface area contributed by atoms with E-state index in [0.29, 0.717) is 32.0 Å². The number of carbonyl (C=O) groups is 1. The Bertz CT molecular complexity index is 1220. The Hall–Kier alpha value is -2.67. The fourth-order valence-corrected chi connectivity index (χ4v) is 6.15. The van der Waals surface area contributed by atoms with Crippen molar-refractivity contribution in [1.29, 1.82) is 0 Å². The summed E-state index contributed by atoms with van der Waals surface area (Å²) in [4.78, 5) is 12.9. The summed E-state index contributed by atoms with van der Waals surface area (Å²) in [6.07, 6.45) is 0. The van der Waals surface area contributed by atoms with Crippen LogP contribution < -0.4 is 9.62 Å². The first-order chi connectivity index (χ1) is 15.6. The second-order valence-corrected chi connectivity index (χ2v) is 10.9. The van der Waals surface area contributed by atoms with Gasteiger partial charge in [-0.2, -0.15) is 4.31 Å². The van der Waals surface area contributed by atoms with Crippen molar-refractivity contribution >= 4 is 37.4 Å². The fourth-order valence-electron chi connectivity index (χ4n) is 3.55. The molecule has 33 heavy (non-hydrogen) atoms. The molecule has 0 aromatic heterocycles. The zero-order valence-corrected chi connectivity index (χ0v) is 20.0. The van der Waals surface area contributed by atoms with Crippen LogP contribution in [0.4, 0.5) is 11.4 Å². The van der Waals surface area contributed by atoms with Crippen LogP contribution >= 0.6 is 0 Å². The van der Waals surface area contributed by atoms with Gasteiger partial charge in [0.1, 0.15) is 0 Å². The number of hydrogen-bond acceptors (Lipinski definition) is 7. The first-order valence-electron chi connectivity index (χ1n) is 10.4. The second-order valence-electron chi connectivity index (χ2n) is 7.31. The summed E-state index contributed by atoms with van der Waals surface area (Å²) in [5, 5.41) is 9.20. The highest BCUT2D eigenvalue weighted by Gasteiger charge is 2.26. The smallest absolute Gasteiger partial charge is 0.335 e. The minimum Gasteiger partial charge on any atom is -0.478 e. The van der Waals surface area contributed by atoms with Gasteiger partial charge in [0.05, 0.1) is 39.9 Å². The largest absolute Gasteiger partial charge is 0.478 e. The normalized spacial score (nSPS) is 14.9. The molecule has 0 amide bonds. The standard InChI is InChI=1S/C21H27N3O7S2/c1-3-24(4-2)33(29,30)18-8-9-20(23-10-12-31-13-11-23)19(15-18)22-32(27,28)17-7-5-6-16(14-17)21(25)26/h5-9,14-15,22H,3-4,10-13H2,1-2H3,(H,25,26). The Kier molecular flexibility index (Phi) is 7.62. The van der Waals surface area contributed by atoms with Gasteiger partial charge in [0.2, 0.25) is 10.0 Å². The molecule has 0 saturated carbocycles. The van der Waals surface area contributed by atoms with E-state index in [1.807, 2.05) is 4.90 Å². The number of ether oxygens (including phenoxy) is 1. The van der Waals surface area contributed by atoms with Crippen molar-refractivity contribution in [3.05, 3.63) is 48.0 Å². The number of hydrogen-bond donors (Lipinski definition) is 2. The summed E-state index contributed by atoms with van der Waals surface area (Å²) in [7, 11) is -8.04. The molecule has 1 aliphatic rings. The molecule has 0 bridgehead atoms. The van der Waals surface area contributed by atoms with Gasteiger partial charge in [-0.25, -0.2) is 21.6 Å². The van der Waals surface area contributed by atoms with Crippen LogP contribution in [0.1, 0.15) is 24.2 Å². The van der Waals surface area contributed by atoms with Crippen molar-refractivity contribution in [1.82, 2.24) is 4.31 Å². The van der Waals surface area contributed by atoms with E-state index in [1.54, 1.807) is 19.9 Å². The highest BCUT2D eigenvalue weighted by atomic mass is 32.2. The first kappa shape index (κ1) is 25.0. The maximum atomic E-state index is 13.1. The lowest BCUT2D eigenvalue weighted by Gasteiger charge is -2.31. The van der Waals surface area contributed by atoms with Gasteiger partial charge in [0.25, 0.3) is 10.0 Å². The summed E-state index contributed by atoms with van der Waals surface area (Å²) in [5.41, 5.74) is 0.421. The third-order valence-electron chi connectivity index (χ3n) is 5.30. The van der Waals surface area contributed by atoms with E-state index in [1.165, 1.54) is 34.6 Å². The van der Waals surface area contributed by atoms with E-state index in [2.05, 4.69) is 4.72 Å². The van der Waals surface area contributed by atoms with E-state index in [0.717, 1.165) is 6.07 Å². The minimum atomic E-state index is -4.20. The summed E-state index contributed by atoms with van der Waals surface area (Å²) >= 11 is 0. The number of rotatable bonds is 9. The van der Waals surface area contributed by atoms with Crippen LogP contribution in [-0.2, 0) is 24.8 Å². The van der Waals surface area contributed by atoms with Crippen LogP contribution in [0.5, 0.6) is 0 Å². The highest BCUT2D eigenvalue weighted by molar-refractivity contribution is 7.92. The quantitative estimate of drug-likeness (QED) is 0.538. The van der Waals surface area contributed by atoms with E-state index in [-0.39, 0.29) is 34.1 Å². The zero-order chi connectivity index (χ0) is 24.2. The van der Waals surface area contributed by atoms with Gasteiger partial charge >= 0.3 is 5.97 Å². The molecule has 12 heteroatoms. The van der Waals surface area contributed by atoms with Gasteiger partial charge in [-0.15, -0.1) is 0 Å². The first-order valence-corrected chi connectivity index (χ1v) is 13.4. The van der Waals surface area contributed by atoms with Gasteiger partial charge in [0.15, 0.2) is 0 Å². The molecule has 0 radical (unpaired) electrons. The molecule has 2 N–H and O–H groups in total. The summed E-state index contributed by atoms with van der Waals surface area (Å²) in [5.74, 6) is -1.26. The van der Waals surface area contributed by atoms with Crippen molar-refractivity contribution in [3.63, 3.8) is 0 Å².